The van der Waals surface area contributed by atoms with E-state index < -0.39 is 0 Å². The van der Waals surface area contributed by atoms with Crippen molar-refractivity contribution in [2.24, 2.45) is 5.92 Å². The number of nitrogens with one attached hydrogen (secondary N) is 3. The molecule has 3 rings (SSSR count). The van der Waals surface area contributed by atoms with Gasteiger partial charge in [0.05, 0.1) is 17.8 Å². The van der Waals surface area contributed by atoms with Crippen LogP contribution in [0.1, 0.15) is 33.6 Å². The quantitative estimate of drug-likeness (QED) is 0.691. The van der Waals surface area contributed by atoms with Gasteiger partial charge in [-0.15, -0.1) is 6.42 Å². The van der Waals surface area contributed by atoms with Gasteiger partial charge in [-0.1, -0.05) is 18.1 Å². The predicted molar refractivity (Wildman–Crippen MR) is 103 cm³/mol. The zero-order chi connectivity index (χ0) is 19.2. The lowest BCUT2D eigenvalue weighted by Gasteiger charge is -2.11. The number of terminal acetylenes is 1. The average molecular weight is 361 g/mol. The van der Waals surface area contributed by atoms with Crippen molar-refractivity contribution in [3.05, 3.63) is 59.7 Å². The van der Waals surface area contributed by atoms with Gasteiger partial charge in [-0.2, -0.15) is 0 Å². The van der Waals surface area contributed by atoms with Crippen LogP contribution in [0.2, 0.25) is 0 Å². The van der Waals surface area contributed by atoms with Crippen molar-refractivity contribution < 1.29 is 14.4 Å². The van der Waals surface area contributed by atoms with Crippen LogP contribution in [-0.2, 0) is 4.79 Å². The van der Waals surface area contributed by atoms with Gasteiger partial charge in [0, 0.05) is 17.2 Å². The Morgan fingerprint density at radius 2 is 1.67 bits per heavy atom. The molecule has 0 unspecified atom stereocenters. The second-order valence-electron chi connectivity index (χ2n) is 6.23. The SMILES string of the molecule is C#CCNC(=O)c1ccccc1NC(=O)c1ccc(NC(=O)C2CC2)cc1. The van der Waals surface area contributed by atoms with Crippen LogP contribution in [0, 0.1) is 18.3 Å². The number of hydrogen-bond acceptors (Lipinski definition) is 3. The molecule has 2 aromatic rings. The van der Waals surface area contributed by atoms with Crippen molar-refractivity contribution in [1.29, 1.82) is 0 Å². The molecular weight excluding hydrogens is 342 g/mol. The molecule has 3 amide bonds. The molecule has 0 heterocycles. The summed E-state index contributed by atoms with van der Waals surface area (Å²) in [5, 5.41) is 8.13. The summed E-state index contributed by atoms with van der Waals surface area (Å²) < 4.78 is 0. The molecule has 0 bridgehead atoms. The summed E-state index contributed by atoms with van der Waals surface area (Å²) in [5.41, 5.74) is 1.79. The molecule has 27 heavy (non-hydrogen) atoms. The highest BCUT2D eigenvalue weighted by atomic mass is 16.2. The lowest BCUT2D eigenvalue weighted by atomic mass is 10.1. The van der Waals surface area contributed by atoms with Crippen LogP contribution in [0.3, 0.4) is 0 Å². The number of amides is 3. The van der Waals surface area contributed by atoms with Crippen molar-refractivity contribution in [3.8, 4) is 12.3 Å². The number of carbonyl (C=O) groups excluding carboxylic acids is 3. The summed E-state index contributed by atoms with van der Waals surface area (Å²) in [7, 11) is 0. The van der Waals surface area contributed by atoms with Gasteiger partial charge in [-0.3, -0.25) is 14.4 Å². The standard InChI is InChI=1S/C21H19N3O3/c1-2-13-22-21(27)17-5-3-4-6-18(17)24-20(26)15-9-11-16(12-10-15)23-19(25)14-7-8-14/h1,3-6,9-12,14H,7-8,13H2,(H,22,27)(H,23,25)(H,24,26). The monoisotopic (exact) mass is 361 g/mol. The van der Waals surface area contributed by atoms with E-state index in [0.717, 1.165) is 12.8 Å². The Hall–Kier alpha value is -3.59. The summed E-state index contributed by atoms with van der Waals surface area (Å²) in [6.45, 7) is 0.106. The average Bonchev–Trinajstić information content (AvgIpc) is 3.52. The molecule has 0 aliphatic heterocycles. The second-order valence-corrected chi connectivity index (χ2v) is 6.23. The van der Waals surface area contributed by atoms with E-state index in [0.29, 0.717) is 22.5 Å². The molecule has 136 valence electrons. The van der Waals surface area contributed by atoms with Crippen LogP contribution in [0.5, 0.6) is 0 Å². The van der Waals surface area contributed by atoms with Crippen molar-refractivity contribution in [3.63, 3.8) is 0 Å². The number of hydrogen-bond donors (Lipinski definition) is 3. The van der Waals surface area contributed by atoms with Crippen molar-refractivity contribution in [2.75, 3.05) is 17.2 Å². The molecule has 1 aliphatic rings. The molecule has 2 aromatic carbocycles. The van der Waals surface area contributed by atoms with E-state index in [-0.39, 0.29) is 30.2 Å². The zero-order valence-electron chi connectivity index (χ0n) is 14.6. The minimum absolute atomic E-state index is 0.0131. The number of para-hydroxylation sites is 1. The molecular formula is C21H19N3O3. The Labute approximate surface area is 157 Å². The van der Waals surface area contributed by atoms with Gasteiger partial charge in [0.25, 0.3) is 11.8 Å². The molecule has 0 saturated heterocycles. The van der Waals surface area contributed by atoms with E-state index in [9.17, 15) is 14.4 Å². The van der Waals surface area contributed by atoms with E-state index in [1.165, 1.54) is 0 Å². The molecule has 1 saturated carbocycles. The third kappa shape index (κ3) is 4.73. The zero-order valence-corrected chi connectivity index (χ0v) is 14.6. The van der Waals surface area contributed by atoms with Crippen LogP contribution in [-0.4, -0.2) is 24.3 Å². The van der Waals surface area contributed by atoms with Crippen LogP contribution < -0.4 is 16.0 Å². The van der Waals surface area contributed by atoms with Gasteiger partial charge in [0.15, 0.2) is 0 Å². The highest BCUT2D eigenvalue weighted by molar-refractivity contribution is 6.09. The van der Waals surface area contributed by atoms with Crippen LogP contribution in [0.25, 0.3) is 0 Å². The van der Waals surface area contributed by atoms with E-state index in [1.807, 2.05) is 0 Å². The molecule has 0 spiro atoms. The minimum atomic E-state index is -0.359. The van der Waals surface area contributed by atoms with Gasteiger partial charge >= 0.3 is 0 Å². The normalized spacial score (nSPS) is 12.6. The molecule has 1 fully saturated rings. The topological polar surface area (TPSA) is 87.3 Å². The fourth-order valence-electron chi connectivity index (χ4n) is 2.51. The first kappa shape index (κ1) is 18.2. The molecule has 1 aliphatic carbocycles. The van der Waals surface area contributed by atoms with E-state index in [2.05, 4.69) is 21.9 Å². The Balaban J connectivity index is 1.67. The maximum Gasteiger partial charge on any atom is 0.255 e. The first-order valence-corrected chi connectivity index (χ1v) is 8.61. The van der Waals surface area contributed by atoms with E-state index in [4.69, 9.17) is 6.42 Å². The summed E-state index contributed by atoms with van der Waals surface area (Å²) in [6.07, 6.45) is 7.01. The highest BCUT2D eigenvalue weighted by Crippen LogP contribution is 2.30. The van der Waals surface area contributed by atoms with Crippen LogP contribution in [0.4, 0.5) is 11.4 Å². The Kier molecular flexibility index (Phi) is 5.53. The molecule has 6 heteroatoms. The predicted octanol–water partition coefficient (Wildman–Crippen LogP) is 2.65. The number of rotatable bonds is 6. The maximum absolute atomic E-state index is 12.5. The number of anilines is 2. The van der Waals surface area contributed by atoms with Crippen LogP contribution in [0.15, 0.2) is 48.5 Å². The third-order valence-corrected chi connectivity index (χ3v) is 4.13. The fourth-order valence-corrected chi connectivity index (χ4v) is 2.51. The van der Waals surface area contributed by atoms with Crippen molar-refractivity contribution >= 4 is 29.1 Å². The van der Waals surface area contributed by atoms with E-state index in [1.54, 1.807) is 48.5 Å². The lowest BCUT2D eigenvalue weighted by molar-refractivity contribution is -0.117. The van der Waals surface area contributed by atoms with Crippen molar-refractivity contribution in [2.45, 2.75) is 12.8 Å². The maximum atomic E-state index is 12.5. The summed E-state index contributed by atoms with van der Waals surface area (Å²) in [4.78, 5) is 36.4. The summed E-state index contributed by atoms with van der Waals surface area (Å²) in [6, 6.07) is 13.3. The number of carbonyl (C=O) groups is 3. The molecule has 0 aromatic heterocycles. The van der Waals surface area contributed by atoms with Gasteiger partial charge in [0.2, 0.25) is 5.91 Å². The molecule has 0 atom stereocenters. The Bertz CT molecular complexity index is 909. The summed E-state index contributed by atoms with van der Waals surface area (Å²) in [5.74, 6) is 1.75. The number of benzene rings is 2. The van der Waals surface area contributed by atoms with Crippen LogP contribution >= 0.6 is 0 Å². The first-order valence-electron chi connectivity index (χ1n) is 8.61. The Morgan fingerprint density at radius 3 is 2.33 bits per heavy atom. The molecule has 6 nitrogen and oxygen atoms in total. The van der Waals surface area contributed by atoms with Crippen molar-refractivity contribution in [1.82, 2.24) is 5.32 Å². The smallest absolute Gasteiger partial charge is 0.255 e. The minimum Gasteiger partial charge on any atom is -0.341 e. The molecule has 0 radical (unpaired) electrons. The Morgan fingerprint density at radius 1 is 0.963 bits per heavy atom. The second kappa shape index (κ2) is 8.19. The molecule has 3 N–H and O–H groups in total. The lowest BCUT2D eigenvalue weighted by Crippen LogP contribution is -2.25. The highest BCUT2D eigenvalue weighted by Gasteiger charge is 2.29. The van der Waals surface area contributed by atoms with Gasteiger partial charge in [-0.25, -0.2) is 0 Å². The van der Waals surface area contributed by atoms with Gasteiger partial charge in [0.1, 0.15) is 0 Å². The fraction of sp³-hybridized carbons (Fsp3) is 0.190. The first-order chi connectivity index (χ1) is 13.1. The van der Waals surface area contributed by atoms with E-state index >= 15 is 0 Å². The third-order valence-electron chi connectivity index (χ3n) is 4.13. The largest absolute Gasteiger partial charge is 0.341 e. The summed E-state index contributed by atoms with van der Waals surface area (Å²) >= 11 is 0. The van der Waals surface area contributed by atoms with Gasteiger partial charge in [-0.05, 0) is 49.2 Å². The van der Waals surface area contributed by atoms with Gasteiger partial charge < -0.3 is 16.0 Å².